The number of hydrogen-bond acceptors (Lipinski definition) is 3. The summed E-state index contributed by atoms with van der Waals surface area (Å²) in [5, 5.41) is 8.69. The van der Waals surface area contributed by atoms with Crippen LogP contribution >= 0.6 is 27.7 Å². The third-order valence-corrected chi connectivity index (χ3v) is 5.82. The molecule has 0 amide bonds. The molecular weight excluding hydrogens is 481 g/mol. The van der Waals surface area contributed by atoms with E-state index < -0.39 is 24.3 Å². The van der Waals surface area contributed by atoms with Crippen molar-refractivity contribution in [1.29, 1.82) is 0 Å². The molecule has 3 aromatic carbocycles. The Balaban J connectivity index is 1.67. The molecule has 0 saturated heterocycles. The van der Waals surface area contributed by atoms with Gasteiger partial charge in [-0.2, -0.15) is 13.2 Å². The van der Waals surface area contributed by atoms with Crippen LogP contribution in [0.1, 0.15) is 11.1 Å². The topological polar surface area (TPSA) is 46.5 Å². The molecule has 8 heteroatoms. The Morgan fingerprint density at radius 1 is 1.00 bits per heavy atom. The van der Waals surface area contributed by atoms with E-state index >= 15 is 0 Å². The zero-order valence-corrected chi connectivity index (χ0v) is 17.9. The summed E-state index contributed by atoms with van der Waals surface area (Å²) < 4.78 is 44.1. The van der Waals surface area contributed by atoms with Crippen LogP contribution in [0.15, 0.2) is 76.1 Å². The first-order valence-corrected chi connectivity index (χ1v) is 10.5. The van der Waals surface area contributed by atoms with Gasteiger partial charge in [0.2, 0.25) is 0 Å². The molecule has 3 nitrogen and oxygen atoms in total. The average molecular weight is 497 g/mol. The maximum atomic E-state index is 12.7. The Morgan fingerprint density at radius 2 is 1.73 bits per heavy atom. The first-order chi connectivity index (χ1) is 14.2. The highest BCUT2D eigenvalue weighted by molar-refractivity contribution is 9.10. The Morgan fingerprint density at radius 3 is 2.37 bits per heavy atom. The molecule has 3 aromatic rings. The normalized spacial score (nSPS) is 11.3. The van der Waals surface area contributed by atoms with E-state index in [1.54, 1.807) is 17.8 Å². The standard InChI is InChI=1S/C22H16BrF3O3S/c23-19-11-18(8-9-20(19)29-12-21(27)28)30-13-14-2-1-3-16(10-14)15-4-6-17(7-5-15)22(24,25)26/h1-11H,12-13H2,(H,27,28). The quantitative estimate of drug-likeness (QED) is 0.361. The van der Waals surface area contributed by atoms with Crippen LogP contribution in [0.2, 0.25) is 0 Å². The molecule has 0 aliphatic rings. The van der Waals surface area contributed by atoms with E-state index in [-0.39, 0.29) is 0 Å². The number of benzene rings is 3. The molecule has 0 radical (unpaired) electrons. The number of thioether (sulfide) groups is 1. The maximum Gasteiger partial charge on any atom is 0.416 e. The van der Waals surface area contributed by atoms with Crippen molar-refractivity contribution in [3.05, 3.63) is 82.3 Å². The molecule has 0 aliphatic heterocycles. The van der Waals surface area contributed by atoms with Crippen molar-refractivity contribution >= 4 is 33.7 Å². The first kappa shape index (κ1) is 22.2. The summed E-state index contributed by atoms with van der Waals surface area (Å²) >= 11 is 4.95. The van der Waals surface area contributed by atoms with Gasteiger partial charge < -0.3 is 9.84 Å². The zero-order valence-electron chi connectivity index (χ0n) is 15.4. The van der Waals surface area contributed by atoms with Crippen LogP contribution < -0.4 is 4.74 Å². The van der Waals surface area contributed by atoms with Crippen molar-refractivity contribution in [2.45, 2.75) is 16.8 Å². The minimum absolute atomic E-state index is 0.415. The second-order valence-electron chi connectivity index (χ2n) is 6.34. The van der Waals surface area contributed by atoms with Gasteiger partial charge in [0.05, 0.1) is 10.0 Å². The molecule has 3 rings (SSSR count). The van der Waals surface area contributed by atoms with Gasteiger partial charge in [0.25, 0.3) is 0 Å². The number of rotatable bonds is 7. The van der Waals surface area contributed by atoms with Crippen molar-refractivity contribution in [3.63, 3.8) is 0 Å². The molecule has 0 fully saturated rings. The SMILES string of the molecule is O=C(O)COc1ccc(SCc2cccc(-c3ccc(C(F)(F)F)cc3)c2)cc1Br. The zero-order chi connectivity index (χ0) is 21.7. The van der Waals surface area contributed by atoms with Crippen LogP contribution in [-0.4, -0.2) is 17.7 Å². The minimum Gasteiger partial charge on any atom is -0.481 e. The molecule has 0 bridgehead atoms. The number of ether oxygens (including phenoxy) is 1. The molecular formula is C22H16BrF3O3S. The predicted molar refractivity (Wildman–Crippen MR) is 114 cm³/mol. The molecule has 0 aliphatic carbocycles. The molecule has 0 heterocycles. The molecule has 0 spiro atoms. The highest BCUT2D eigenvalue weighted by Crippen LogP contribution is 2.33. The largest absolute Gasteiger partial charge is 0.481 e. The van der Waals surface area contributed by atoms with Gasteiger partial charge in [-0.3, -0.25) is 0 Å². The first-order valence-electron chi connectivity index (χ1n) is 8.76. The van der Waals surface area contributed by atoms with E-state index in [4.69, 9.17) is 9.84 Å². The fourth-order valence-corrected chi connectivity index (χ4v) is 4.21. The molecule has 0 atom stereocenters. The smallest absolute Gasteiger partial charge is 0.416 e. The molecule has 0 saturated carbocycles. The third kappa shape index (κ3) is 6.03. The van der Waals surface area contributed by atoms with E-state index in [0.717, 1.165) is 33.7 Å². The summed E-state index contributed by atoms with van der Waals surface area (Å²) in [4.78, 5) is 11.6. The van der Waals surface area contributed by atoms with Crippen LogP contribution in [0.3, 0.4) is 0 Å². The second kappa shape index (κ2) is 9.57. The Kier molecular flexibility index (Phi) is 7.10. The van der Waals surface area contributed by atoms with Gasteiger partial charge in [0, 0.05) is 10.6 Å². The number of alkyl halides is 3. The third-order valence-electron chi connectivity index (χ3n) is 4.13. The number of carbonyl (C=O) groups is 1. The Hall–Kier alpha value is -2.45. The van der Waals surface area contributed by atoms with Crippen molar-refractivity contribution in [2.75, 3.05) is 6.61 Å². The maximum absolute atomic E-state index is 12.7. The minimum atomic E-state index is -4.35. The molecule has 30 heavy (non-hydrogen) atoms. The molecule has 156 valence electrons. The van der Waals surface area contributed by atoms with E-state index in [0.29, 0.717) is 16.0 Å². The lowest BCUT2D eigenvalue weighted by molar-refractivity contribution is -0.139. The molecule has 0 unspecified atom stereocenters. The fraction of sp³-hybridized carbons (Fsp3) is 0.136. The van der Waals surface area contributed by atoms with E-state index in [1.165, 1.54) is 12.1 Å². The number of halogens is 4. The monoisotopic (exact) mass is 496 g/mol. The van der Waals surface area contributed by atoms with Crippen LogP contribution in [0.5, 0.6) is 5.75 Å². The van der Waals surface area contributed by atoms with Gasteiger partial charge in [0.15, 0.2) is 6.61 Å². The number of carboxylic acids is 1. The van der Waals surface area contributed by atoms with Gasteiger partial charge >= 0.3 is 12.1 Å². The van der Waals surface area contributed by atoms with Gasteiger partial charge in [-0.25, -0.2) is 4.79 Å². The highest BCUT2D eigenvalue weighted by atomic mass is 79.9. The lowest BCUT2D eigenvalue weighted by Crippen LogP contribution is -2.09. The van der Waals surface area contributed by atoms with E-state index in [9.17, 15) is 18.0 Å². The Bertz CT molecular complexity index is 1040. The summed E-state index contributed by atoms with van der Waals surface area (Å²) in [5.74, 6) is 0.0651. The van der Waals surface area contributed by atoms with Crippen LogP contribution in [0, 0.1) is 0 Å². The van der Waals surface area contributed by atoms with E-state index in [1.807, 2.05) is 36.4 Å². The van der Waals surface area contributed by atoms with Gasteiger partial charge in [-0.15, -0.1) is 11.8 Å². The number of carboxylic acid groups (broad SMARTS) is 1. The van der Waals surface area contributed by atoms with Crippen molar-refractivity contribution in [1.82, 2.24) is 0 Å². The summed E-state index contributed by atoms with van der Waals surface area (Å²) in [6.07, 6.45) is -4.35. The molecule has 1 N–H and O–H groups in total. The molecule has 0 aromatic heterocycles. The van der Waals surface area contributed by atoms with Gasteiger partial charge in [-0.05, 0) is 63.0 Å². The second-order valence-corrected chi connectivity index (χ2v) is 8.24. The van der Waals surface area contributed by atoms with Crippen molar-refractivity contribution in [2.24, 2.45) is 0 Å². The summed E-state index contributed by atoms with van der Waals surface area (Å²) in [5.41, 5.74) is 1.93. The van der Waals surface area contributed by atoms with Gasteiger partial charge in [0.1, 0.15) is 5.75 Å². The lowest BCUT2D eigenvalue weighted by atomic mass is 10.0. The van der Waals surface area contributed by atoms with E-state index in [2.05, 4.69) is 15.9 Å². The fourth-order valence-electron chi connectivity index (χ4n) is 2.69. The average Bonchev–Trinajstić information content (AvgIpc) is 2.71. The number of aliphatic carboxylic acids is 1. The highest BCUT2D eigenvalue weighted by Gasteiger charge is 2.29. The number of hydrogen-bond donors (Lipinski definition) is 1. The summed E-state index contributed by atoms with van der Waals surface area (Å²) in [6, 6.07) is 18.2. The summed E-state index contributed by atoms with van der Waals surface area (Å²) in [7, 11) is 0. The van der Waals surface area contributed by atoms with Crippen LogP contribution in [0.25, 0.3) is 11.1 Å². The predicted octanol–water partition coefficient (Wildman–Crippen LogP) is 6.89. The Labute approximate surface area is 184 Å². The lowest BCUT2D eigenvalue weighted by Gasteiger charge is -2.10. The van der Waals surface area contributed by atoms with Crippen molar-refractivity contribution in [3.8, 4) is 16.9 Å². The van der Waals surface area contributed by atoms with Gasteiger partial charge in [-0.1, -0.05) is 36.4 Å². The van der Waals surface area contributed by atoms with Crippen molar-refractivity contribution < 1.29 is 27.8 Å². The van der Waals surface area contributed by atoms with Crippen LogP contribution in [-0.2, 0) is 16.7 Å². The van der Waals surface area contributed by atoms with Crippen LogP contribution in [0.4, 0.5) is 13.2 Å². The summed E-state index contributed by atoms with van der Waals surface area (Å²) in [6.45, 7) is -0.415.